The molecule has 1 aromatic carbocycles. The van der Waals surface area contributed by atoms with Gasteiger partial charge in [0.25, 0.3) is 5.56 Å². The van der Waals surface area contributed by atoms with E-state index in [4.69, 9.17) is 0 Å². The van der Waals surface area contributed by atoms with Crippen molar-refractivity contribution in [3.8, 4) is 0 Å². The Balaban J connectivity index is 2.83. The number of carbonyl (C=O) groups excluding carboxylic acids is 1. The number of ketones is 1. The van der Waals surface area contributed by atoms with Crippen molar-refractivity contribution in [2.45, 2.75) is 10.6 Å². The van der Waals surface area contributed by atoms with Gasteiger partial charge in [0.15, 0.2) is 19.7 Å². The Bertz CT molecular complexity index is 1140. The van der Waals surface area contributed by atoms with E-state index in [9.17, 15) is 26.4 Å². The van der Waals surface area contributed by atoms with Crippen molar-refractivity contribution < 1.29 is 21.6 Å². The second-order valence-corrected chi connectivity index (χ2v) is 10.1. The van der Waals surface area contributed by atoms with E-state index in [1.807, 2.05) is 0 Å². The number of rotatable bonds is 6. The highest BCUT2D eigenvalue weighted by Crippen LogP contribution is 2.31. The Hall–Kier alpha value is -2.40. The highest BCUT2D eigenvalue weighted by atomic mass is 32.2. The maximum Gasteiger partial charge on any atom is 0.277 e. The molecule has 142 valence electrons. The van der Waals surface area contributed by atoms with E-state index in [1.54, 1.807) is 0 Å². The maximum absolute atomic E-state index is 12.8. The molecule has 0 aliphatic heterocycles. The first-order valence-electron chi connectivity index (χ1n) is 7.37. The molecule has 0 radical (unpaired) electrons. The molecule has 0 bridgehead atoms. The van der Waals surface area contributed by atoms with Gasteiger partial charge in [-0.25, -0.2) is 16.8 Å². The Morgan fingerprint density at radius 1 is 1.15 bits per heavy atom. The van der Waals surface area contributed by atoms with Gasteiger partial charge >= 0.3 is 0 Å². The van der Waals surface area contributed by atoms with Crippen LogP contribution >= 0.6 is 0 Å². The maximum atomic E-state index is 12.8. The highest BCUT2D eigenvalue weighted by Gasteiger charge is 2.26. The number of hydrogen-bond acceptors (Lipinski definition) is 7. The van der Waals surface area contributed by atoms with Gasteiger partial charge in [-0.3, -0.25) is 14.3 Å². The number of aryl methyl sites for hydroxylation is 1. The molecule has 0 saturated carbocycles. The Kier molecular flexibility index (Phi) is 5.15. The lowest BCUT2D eigenvalue weighted by Crippen LogP contribution is -2.21. The fourth-order valence-corrected chi connectivity index (χ4v) is 4.34. The first-order chi connectivity index (χ1) is 11.9. The van der Waals surface area contributed by atoms with E-state index in [-0.39, 0.29) is 27.3 Å². The first kappa shape index (κ1) is 19.9. The van der Waals surface area contributed by atoms with Crippen LogP contribution in [0.2, 0.25) is 0 Å². The van der Waals surface area contributed by atoms with E-state index in [1.165, 1.54) is 32.4 Å². The largest absolute Gasteiger partial charge is 0.387 e. The number of H-pyrrole nitrogens is 1. The van der Waals surface area contributed by atoms with Crippen LogP contribution in [-0.2, 0) is 32.5 Å². The van der Waals surface area contributed by atoms with Crippen LogP contribution in [0.25, 0.3) is 0 Å². The highest BCUT2D eigenvalue weighted by molar-refractivity contribution is 7.91. The molecule has 11 heteroatoms. The third kappa shape index (κ3) is 3.88. The molecule has 0 fully saturated rings. The lowest BCUT2D eigenvalue weighted by atomic mass is 9.99. The van der Waals surface area contributed by atoms with Crippen molar-refractivity contribution >= 4 is 31.1 Å². The summed E-state index contributed by atoms with van der Waals surface area (Å²) in [5, 5.41) is 5.25. The molecule has 0 saturated heterocycles. The van der Waals surface area contributed by atoms with Gasteiger partial charge in [-0.15, -0.1) is 0 Å². The number of anilines is 1. The van der Waals surface area contributed by atoms with Gasteiger partial charge in [0, 0.05) is 43.9 Å². The normalized spacial score (nSPS) is 12.2. The molecular formula is C15H19N3O6S2. The summed E-state index contributed by atoms with van der Waals surface area (Å²) in [6.07, 6.45) is 3.18. The van der Waals surface area contributed by atoms with E-state index in [2.05, 4.69) is 10.4 Å². The molecule has 0 atom stereocenters. The Labute approximate surface area is 150 Å². The minimum atomic E-state index is -3.68. The van der Waals surface area contributed by atoms with Crippen LogP contribution in [-0.4, -0.2) is 52.0 Å². The topological polar surface area (TPSA) is 135 Å². The van der Waals surface area contributed by atoms with Crippen molar-refractivity contribution in [2.24, 2.45) is 7.05 Å². The zero-order valence-electron chi connectivity index (χ0n) is 14.7. The Morgan fingerprint density at radius 2 is 1.77 bits per heavy atom. The number of nitrogens with one attached hydrogen (secondary N) is 2. The quantitative estimate of drug-likeness (QED) is 0.647. The molecule has 0 unspecified atom stereocenters. The molecule has 0 amide bonds. The number of nitrogens with zero attached hydrogens (tertiary/aromatic N) is 1. The summed E-state index contributed by atoms with van der Waals surface area (Å²) < 4.78 is 48.8. The summed E-state index contributed by atoms with van der Waals surface area (Å²) in [6.45, 7) is 0. The summed E-state index contributed by atoms with van der Waals surface area (Å²) >= 11 is 0. The van der Waals surface area contributed by atoms with E-state index >= 15 is 0 Å². The number of aromatic nitrogens is 2. The molecule has 2 N–H and O–H groups in total. The Morgan fingerprint density at radius 3 is 2.19 bits per heavy atom. The third-order valence-electron chi connectivity index (χ3n) is 3.76. The molecule has 2 rings (SSSR count). The SMILES string of the molecule is CNc1c(S(C)(=O)=O)ccc(C(=O)c2c[nH]n(C)c2=O)c1CS(C)(=O)=O. The number of carbonyl (C=O) groups is 1. The van der Waals surface area contributed by atoms with Gasteiger partial charge in [-0.2, -0.15) is 0 Å². The number of benzene rings is 1. The fraction of sp³-hybridized carbons (Fsp3) is 0.333. The van der Waals surface area contributed by atoms with Gasteiger partial charge in [-0.05, 0) is 12.1 Å². The van der Waals surface area contributed by atoms with Gasteiger partial charge in [0.2, 0.25) is 5.78 Å². The number of hydrogen-bond donors (Lipinski definition) is 2. The summed E-state index contributed by atoms with van der Waals surface area (Å²) in [5.41, 5.74) is -0.763. The van der Waals surface area contributed by atoms with Crippen LogP contribution in [0.1, 0.15) is 21.5 Å². The minimum absolute atomic E-state index is 0.00572. The zero-order chi connectivity index (χ0) is 19.9. The van der Waals surface area contributed by atoms with E-state index < -0.39 is 36.8 Å². The molecule has 1 aromatic heterocycles. The predicted molar refractivity (Wildman–Crippen MR) is 97.1 cm³/mol. The standard InChI is InChI=1S/C15H19N3O6S2/c1-16-13-11(8-25(3,21)22)9(5-6-12(13)26(4,23)24)14(19)10-7-17-18(2)15(10)20/h5-7,16-17H,8H2,1-4H3. The monoisotopic (exact) mass is 401 g/mol. The smallest absolute Gasteiger partial charge is 0.277 e. The van der Waals surface area contributed by atoms with Crippen molar-refractivity contribution in [2.75, 3.05) is 24.9 Å². The van der Waals surface area contributed by atoms with Crippen molar-refractivity contribution in [3.05, 3.63) is 45.4 Å². The van der Waals surface area contributed by atoms with Crippen molar-refractivity contribution in [1.29, 1.82) is 0 Å². The molecule has 9 nitrogen and oxygen atoms in total. The second kappa shape index (κ2) is 6.72. The summed E-state index contributed by atoms with van der Waals surface area (Å²) in [6, 6.07) is 2.45. The summed E-state index contributed by atoms with van der Waals surface area (Å²) in [5.74, 6) is -1.25. The van der Waals surface area contributed by atoms with Crippen molar-refractivity contribution in [3.63, 3.8) is 0 Å². The van der Waals surface area contributed by atoms with Crippen LogP contribution in [0.4, 0.5) is 5.69 Å². The average Bonchev–Trinajstić information content (AvgIpc) is 2.83. The lowest BCUT2D eigenvalue weighted by Gasteiger charge is -2.16. The third-order valence-corrected chi connectivity index (χ3v) is 5.71. The van der Waals surface area contributed by atoms with Gasteiger partial charge in [0.05, 0.1) is 16.3 Å². The van der Waals surface area contributed by atoms with Crippen LogP contribution in [0.5, 0.6) is 0 Å². The van der Waals surface area contributed by atoms with Gasteiger partial charge in [-0.1, -0.05) is 0 Å². The van der Waals surface area contributed by atoms with Crippen LogP contribution in [0.15, 0.2) is 28.0 Å². The first-order valence-corrected chi connectivity index (χ1v) is 11.3. The summed E-state index contributed by atoms with van der Waals surface area (Å²) in [4.78, 5) is 24.7. The molecule has 2 aromatic rings. The second-order valence-electron chi connectivity index (χ2n) is 5.94. The predicted octanol–water partition coefficient (Wildman–Crippen LogP) is -0.0658. The molecule has 1 heterocycles. The van der Waals surface area contributed by atoms with Crippen LogP contribution in [0, 0.1) is 0 Å². The molecular weight excluding hydrogens is 382 g/mol. The molecule has 26 heavy (non-hydrogen) atoms. The molecule has 0 aliphatic rings. The van der Waals surface area contributed by atoms with Crippen LogP contribution < -0.4 is 10.9 Å². The molecule has 0 spiro atoms. The van der Waals surface area contributed by atoms with Crippen molar-refractivity contribution in [1.82, 2.24) is 9.78 Å². The number of sulfone groups is 2. The van der Waals surface area contributed by atoms with Crippen LogP contribution in [0.3, 0.4) is 0 Å². The van der Waals surface area contributed by atoms with E-state index in [0.717, 1.165) is 17.2 Å². The van der Waals surface area contributed by atoms with Gasteiger partial charge < -0.3 is 10.4 Å². The number of aromatic amines is 1. The van der Waals surface area contributed by atoms with Gasteiger partial charge in [0.1, 0.15) is 5.56 Å². The van der Waals surface area contributed by atoms with E-state index in [0.29, 0.717) is 0 Å². The summed E-state index contributed by atoms with van der Waals surface area (Å²) in [7, 11) is -4.41. The average molecular weight is 401 g/mol. The molecule has 0 aliphatic carbocycles. The lowest BCUT2D eigenvalue weighted by molar-refractivity contribution is 0.103. The zero-order valence-corrected chi connectivity index (χ0v) is 16.3. The minimum Gasteiger partial charge on any atom is -0.387 e. The fourth-order valence-electron chi connectivity index (χ4n) is 2.60.